The minimum atomic E-state index is 0.250. The third-order valence-corrected chi connectivity index (χ3v) is 5.88. The summed E-state index contributed by atoms with van der Waals surface area (Å²) in [6.07, 6.45) is 6.31. The molecule has 0 saturated heterocycles. The van der Waals surface area contributed by atoms with Crippen molar-refractivity contribution in [1.82, 2.24) is 19.9 Å². The number of aromatic nitrogens is 4. The first-order valence-corrected chi connectivity index (χ1v) is 10.9. The van der Waals surface area contributed by atoms with Crippen LogP contribution in [-0.4, -0.2) is 32.2 Å². The highest BCUT2D eigenvalue weighted by molar-refractivity contribution is 5.71. The van der Waals surface area contributed by atoms with Crippen molar-refractivity contribution < 1.29 is 14.6 Å². The number of nitrogens with zero attached hydrogens (tertiary/aromatic N) is 4. The van der Waals surface area contributed by atoms with Crippen molar-refractivity contribution in [1.29, 1.82) is 0 Å². The van der Waals surface area contributed by atoms with E-state index in [0.717, 1.165) is 47.2 Å². The summed E-state index contributed by atoms with van der Waals surface area (Å²) in [5.41, 5.74) is 5.69. The van der Waals surface area contributed by atoms with Gasteiger partial charge in [-0.25, -0.2) is 15.0 Å². The van der Waals surface area contributed by atoms with Gasteiger partial charge in [-0.05, 0) is 50.3 Å². The summed E-state index contributed by atoms with van der Waals surface area (Å²) in [6, 6.07) is 7.34. The molecule has 0 atom stereocenters. The second-order valence-electron chi connectivity index (χ2n) is 8.04. The number of hydrogen-bond donors (Lipinski definition) is 1. The second-order valence-corrected chi connectivity index (χ2v) is 8.04. The third kappa shape index (κ3) is 4.56. The predicted octanol–water partition coefficient (Wildman–Crippen LogP) is 5.31. The van der Waals surface area contributed by atoms with Gasteiger partial charge < -0.3 is 14.6 Å². The van der Waals surface area contributed by atoms with Crippen molar-refractivity contribution in [2.75, 3.05) is 7.11 Å². The Kier molecular flexibility index (Phi) is 6.35. The van der Waals surface area contributed by atoms with Crippen LogP contribution in [0.2, 0.25) is 0 Å². The monoisotopic (exact) mass is 432 g/mol. The Hall–Kier alpha value is -3.48. The van der Waals surface area contributed by atoms with Crippen LogP contribution < -0.4 is 9.47 Å². The minimum absolute atomic E-state index is 0.250. The summed E-state index contributed by atoms with van der Waals surface area (Å²) >= 11 is 0. The van der Waals surface area contributed by atoms with Crippen LogP contribution in [0.4, 0.5) is 0 Å². The molecule has 0 bridgehead atoms. The van der Waals surface area contributed by atoms with E-state index < -0.39 is 0 Å². The number of hydrogen-bond acceptors (Lipinski definition) is 7. The fourth-order valence-electron chi connectivity index (χ4n) is 3.59. The molecule has 2 heterocycles. The molecule has 0 radical (unpaired) electrons. The molecule has 7 heteroatoms. The van der Waals surface area contributed by atoms with Crippen LogP contribution in [0.25, 0.3) is 17.0 Å². The highest BCUT2D eigenvalue weighted by Crippen LogP contribution is 2.44. The molecule has 1 aliphatic rings. The molecular formula is C25H28N4O3. The highest BCUT2D eigenvalue weighted by Gasteiger charge is 2.31. The topological polar surface area (TPSA) is 90.3 Å². The minimum Gasteiger partial charge on any atom is -0.507 e. The van der Waals surface area contributed by atoms with Crippen molar-refractivity contribution >= 4 is 5.57 Å². The lowest BCUT2D eigenvalue weighted by atomic mass is 9.99. The number of aromatic hydroxyl groups is 1. The molecule has 7 nitrogen and oxygen atoms in total. The first kappa shape index (κ1) is 21.7. The molecule has 1 aromatic carbocycles. The van der Waals surface area contributed by atoms with Crippen LogP contribution in [0.15, 0.2) is 42.4 Å². The number of benzene rings is 1. The molecule has 1 fully saturated rings. The van der Waals surface area contributed by atoms with Crippen LogP contribution in [0.3, 0.4) is 0 Å². The van der Waals surface area contributed by atoms with E-state index in [1.807, 2.05) is 19.1 Å². The van der Waals surface area contributed by atoms with Crippen molar-refractivity contribution in [3.05, 3.63) is 59.2 Å². The van der Waals surface area contributed by atoms with E-state index in [0.29, 0.717) is 23.5 Å². The maximum Gasteiger partial charge on any atom is 0.227 e. The fourth-order valence-corrected chi connectivity index (χ4v) is 3.59. The number of allylic oxidation sites excluding steroid dienone is 2. The molecule has 0 aliphatic heterocycles. The molecule has 1 saturated carbocycles. The Balaban J connectivity index is 1.55. The number of rotatable bonds is 8. The normalized spacial score (nSPS) is 14.1. The van der Waals surface area contributed by atoms with E-state index in [1.165, 1.54) is 11.9 Å². The standard InChI is InChI=1S/C25H28N4O3/c1-5-15(2)16(3)19-9-6-17(12-20(19)30)13-32-21-10-11-26-24(29-21)22-23(18-7-8-18)27-14-28-25(22)31-4/h6,9-12,14,18,30H,5,7-8,13H2,1-4H3. The molecule has 166 valence electrons. The molecule has 0 unspecified atom stereocenters. The lowest BCUT2D eigenvalue weighted by Gasteiger charge is -2.12. The van der Waals surface area contributed by atoms with Gasteiger partial charge in [-0.15, -0.1) is 0 Å². The van der Waals surface area contributed by atoms with Gasteiger partial charge >= 0.3 is 0 Å². The molecular weight excluding hydrogens is 404 g/mol. The van der Waals surface area contributed by atoms with Crippen LogP contribution in [0.5, 0.6) is 17.5 Å². The van der Waals surface area contributed by atoms with Crippen LogP contribution in [0.1, 0.15) is 62.8 Å². The van der Waals surface area contributed by atoms with Gasteiger partial charge in [-0.3, -0.25) is 0 Å². The van der Waals surface area contributed by atoms with Gasteiger partial charge in [0.2, 0.25) is 11.8 Å². The van der Waals surface area contributed by atoms with E-state index in [-0.39, 0.29) is 12.4 Å². The van der Waals surface area contributed by atoms with E-state index in [9.17, 15) is 5.11 Å². The van der Waals surface area contributed by atoms with Crippen LogP contribution >= 0.6 is 0 Å². The van der Waals surface area contributed by atoms with Crippen LogP contribution in [0, 0.1) is 0 Å². The zero-order valence-electron chi connectivity index (χ0n) is 18.9. The molecule has 32 heavy (non-hydrogen) atoms. The average Bonchev–Trinajstić information content (AvgIpc) is 3.67. The fraction of sp³-hybridized carbons (Fsp3) is 0.360. The Morgan fingerprint density at radius 2 is 1.94 bits per heavy atom. The quantitative estimate of drug-likeness (QED) is 0.516. The van der Waals surface area contributed by atoms with Crippen molar-refractivity contribution in [2.45, 2.75) is 52.6 Å². The van der Waals surface area contributed by atoms with Crippen molar-refractivity contribution in [2.24, 2.45) is 0 Å². The van der Waals surface area contributed by atoms with Gasteiger partial charge in [0.25, 0.3) is 0 Å². The van der Waals surface area contributed by atoms with Gasteiger partial charge in [-0.1, -0.05) is 24.6 Å². The zero-order chi connectivity index (χ0) is 22.7. The molecule has 1 N–H and O–H groups in total. The summed E-state index contributed by atoms with van der Waals surface area (Å²) in [7, 11) is 1.58. The van der Waals surface area contributed by atoms with E-state index in [1.54, 1.807) is 25.4 Å². The maximum atomic E-state index is 10.5. The molecule has 0 spiro atoms. The molecule has 0 amide bonds. The molecule has 1 aliphatic carbocycles. The van der Waals surface area contributed by atoms with Gasteiger partial charge in [0.1, 0.15) is 24.2 Å². The first-order chi connectivity index (χ1) is 15.5. The summed E-state index contributed by atoms with van der Waals surface area (Å²) in [4.78, 5) is 17.7. The predicted molar refractivity (Wildman–Crippen MR) is 123 cm³/mol. The molecule has 3 aromatic rings. The number of phenolic OH excluding ortho intramolecular Hbond substituents is 1. The Morgan fingerprint density at radius 1 is 1.12 bits per heavy atom. The summed E-state index contributed by atoms with van der Waals surface area (Å²) in [6.45, 7) is 6.50. The van der Waals surface area contributed by atoms with Gasteiger partial charge in [0, 0.05) is 23.7 Å². The first-order valence-electron chi connectivity index (χ1n) is 10.9. The van der Waals surface area contributed by atoms with Gasteiger partial charge in [0.05, 0.1) is 12.8 Å². The van der Waals surface area contributed by atoms with Crippen molar-refractivity contribution in [3.8, 4) is 28.9 Å². The van der Waals surface area contributed by atoms with E-state index in [2.05, 4.69) is 33.8 Å². The largest absolute Gasteiger partial charge is 0.507 e. The van der Waals surface area contributed by atoms with E-state index in [4.69, 9.17) is 9.47 Å². The summed E-state index contributed by atoms with van der Waals surface area (Å²) < 4.78 is 11.4. The average molecular weight is 433 g/mol. The van der Waals surface area contributed by atoms with E-state index >= 15 is 0 Å². The molecule has 2 aromatic heterocycles. The Bertz CT molecular complexity index is 1160. The highest BCUT2D eigenvalue weighted by atomic mass is 16.5. The third-order valence-electron chi connectivity index (χ3n) is 5.88. The lowest BCUT2D eigenvalue weighted by molar-refractivity contribution is 0.293. The SMILES string of the molecule is CCC(C)=C(C)c1ccc(COc2ccnc(-c3c(OC)ncnc3C3CC3)n2)cc1O. The Morgan fingerprint density at radius 3 is 2.62 bits per heavy atom. The smallest absolute Gasteiger partial charge is 0.227 e. The summed E-state index contributed by atoms with van der Waals surface area (Å²) in [5, 5.41) is 10.5. The second kappa shape index (κ2) is 9.34. The number of methoxy groups -OCH3 is 1. The number of phenols is 1. The maximum absolute atomic E-state index is 10.5. The summed E-state index contributed by atoms with van der Waals surface area (Å²) in [5.74, 6) is 2.02. The lowest BCUT2D eigenvalue weighted by Crippen LogP contribution is -2.04. The van der Waals surface area contributed by atoms with Gasteiger partial charge in [-0.2, -0.15) is 4.98 Å². The number of ether oxygens (including phenoxy) is 2. The Labute approximate surface area is 188 Å². The molecule has 4 rings (SSSR count). The zero-order valence-corrected chi connectivity index (χ0v) is 18.9. The van der Waals surface area contributed by atoms with Crippen molar-refractivity contribution in [3.63, 3.8) is 0 Å². The van der Waals surface area contributed by atoms with Gasteiger partial charge in [0.15, 0.2) is 5.82 Å². The van der Waals surface area contributed by atoms with Crippen LogP contribution in [-0.2, 0) is 6.61 Å².